The van der Waals surface area contributed by atoms with Crippen LogP contribution in [0, 0.1) is 0 Å². The first-order chi connectivity index (χ1) is 17.6. The van der Waals surface area contributed by atoms with Crippen LogP contribution in [0.4, 0.5) is 0 Å². The van der Waals surface area contributed by atoms with E-state index < -0.39 is 23.5 Å². The lowest BCUT2D eigenvalue weighted by atomic mass is 9.95. The lowest BCUT2D eigenvalue weighted by Crippen LogP contribution is -2.30. The fourth-order valence-electron chi connectivity index (χ4n) is 4.34. The third-order valence-corrected chi connectivity index (χ3v) is 6.18. The zero-order valence-electron chi connectivity index (χ0n) is 20.5. The Hall–Kier alpha value is -4.12. The van der Waals surface area contributed by atoms with Gasteiger partial charge < -0.3 is 14.7 Å². The molecule has 0 fully saturated rings. The Kier molecular flexibility index (Phi) is 8.35. The Morgan fingerprint density at radius 3 is 2.42 bits per heavy atom. The van der Waals surface area contributed by atoms with E-state index in [-0.39, 0.29) is 12.1 Å². The highest BCUT2D eigenvalue weighted by Gasteiger charge is 2.43. The molecule has 0 aliphatic carbocycles. The minimum Gasteiger partial charge on any atom is -0.503 e. The predicted molar refractivity (Wildman–Crippen MR) is 141 cm³/mol. The summed E-state index contributed by atoms with van der Waals surface area (Å²) in [5.74, 6) is -0.796. The van der Waals surface area contributed by atoms with E-state index in [0.717, 1.165) is 30.4 Å². The van der Waals surface area contributed by atoms with Gasteiger partial charge in [0.2, 0.25) is 0 Å². The van der Waals surface area contributed by atoms with Crippen LogP contribution in [0.2, 0.25) is 0 Å². The lowest BCUT2D eigenvalue weighted by Gasteiger charge is -2.27. The minimum absolute atomic E-state index is 0.0752. The molecule has 4 rings (SSSR count). The van der Waals surface area contributed by atoms with E-state index in [9.17, 15) is 14.7 Å². The molecule has 5 heteroatoms. The molecule has 1 N–H and O–H groups in total. The molecule has 184 valence electrons. The van der Waals surface area contributed by atoms with Crippen molar-refractivity contribution >= 4 is 17.8 Å². The van der Waals surface area contributed by atoms with E-state index in [2.05, 4.69) is 6.92 Å². The fraction of sp³-hybridized carbons (Fsp3) is 0.226. The number of benzene rings is 3. The van der Waals surface area contributed by atoms with Gasteiger partial charge in [0.15, 0.2) is 11.5 Å². The van der Waals surface area contributed by atoms with Gasteiger partial charge in [0.05, 0.1) is 18.2 Å². The summed E-state index contributed by atoms with van der Waals surface area (Å²) in [5, 5.41) is 10.9. The summed E-state index contributed by atoms with van der Waals surface area (Å²) in [6, 6.07) is 25.7. The van der Waals surface area contributed by atoms with Crippen molar-refractivity contribution < 1.29 is 19.4 Å². The lowest BCUT2D eigenvalue weighted by molar-refractivity contribution is -0.130. The number of nitrogens with zero attached hydrogens (tertiary/aromatic N) is 1. The summed E-state index contributed by atoms with van der Waals surface area (Å²) >= 11 is 0. The number of allylic oxidation sites excluding steroid dienone is 1. The summed E-state index contributed by atoms with van der Waals surface area (Å²) in [4.78, 5) is 28.1. The van der Waals surface area contributed by atoms with Crippen LogP contribution in [0.5, 0.6) is 5.75 Å². The van der Waals surface area contributed by atoms with E-state index in [1.807, 2.05) is 84.9 Å². The second-order valence-electron chi connectivity index (χ2n) is 8.82. The van der Waals surface area contributed by atoms with E-state index >= 15 is 0 Å². The fourth-order valence-corrected chi connectivity index (χ4v) is 4.34. The van der Waals surface area contributed by atoms with E-state index in [1.165, 1.54) is 6.08 Å². The molecule has 0 spiro atoms. The summed E-state index contributed by atoms with van der Waals surface area (Å²) < 4.78 is 5.94. The first kappa shape index (κ1) is 25.0. The normalized spacial score (nSPS) is 15.6. The molecule has 0 saturated carbocycles. The maximum Gasteiger partial charge on any atom is 0.290 e. The second kappa shape index (κ2) is 12.0. The number of rotatable bonds is 11. The van der Waals surface area contributed by atoms with Gasteiger partial charge >= 0.3 is 0 Å². The standard InChI is InChI=1S/C31H31NO4/c1-2-3-10-20-36-26-17-11-16-25(21-26)29-28(27(33)19-18-23-12-6-4-7-13-23)30(34)31(35)32(29)22-24-14-8-5-9-15-24/h4-9,11-19,21,29,34H,2-3,10,20,22H2,1H3/b19-18+. The molecule has 3 aromatic rings. The van der Waals surface area contributed by atoms with Crippen molar-refractivity contribution in [2.24, 2.45) is 0 Å². The van der Waals surface area contributed by atoms with Crippen molar-refractivity contribution in [2.75, 3.05) is 6.61 Å². The number of ketones is 1. The third kappa shape index (κ3) is 5.92. The molecule has 0 radical (unpaired) electrons. The van der Waals surface area contributed by atoms with Crippen molar-refractivity contribution in [2.45, 2.75) is 38.8 Å². The van der Waals surface area contributed by atoms with Crippen molar-refractivity contribution in [3.63, 3.8) is 0 Å². The van der Waals surface area contributed by atoms with E-state index in [0.29, 0.717) is 17.9 Å². The monoisotopic (exact) mass is 481 g/mol. The van der Waals surface area contributed by atoms with E-state index in [1.54, 1.807) is 11.0 Å². The molecule has 1 unspecified atom stereocenters. The van der Waals surface area contributed by atoms with Gasteiger partial charge in [-0.05, 0) is 41.3 Å². The van der Waals surface area contributed by atoms with Crippen molar-refractivity contribution in [3.8, 4) is 5.75 Å². The molecule has 3 aromatic carbocycles. The maximum atomic E-state index is 13.4. The van der Waals surface area contributed by atoms with Crippen molar-refractivity contribution in [1.82, 2.24) is 4.90 Å². The average Bonchev–Trinajstić information content (AvgIpc) is 3.16. The molecule has 1 aliphatic heterocycles. The molecule has 36 heavy (non-hydrogen) atoms. The number of carbonyl (C=O) groups excluding carboxylic acids is 2. The van der Waals surface area contributed by atoms with Crippen LogP contribution in [0.3, 0.4) is 0 Å². The number of unbranched alkanes of at least 4 members (excludes halogenated alkanes) is 2. The van der Waals surface area contributed by atoms with Gasteiger partial charge in [0, 0.05) is 6.54 Å². The molecular weight excluding hydrogens is 450 g/mol. The van der Waals surface area contributed by atoms with Crippen LogP contribution in [0.25, 0.3) is 6.08 Å². The first-order valence-corrected chi connectivity index (χ1v) is 12.4. The van der Waals surface area contributed by atoms with Crippen LogP contribution < -0.4 is 4.74 Å². The molecule has 1 atom stereocenters. The number of aliphatic hydroxyl groups is 1. The van der Waals surface area contributed by atoms with Crippen molar-refractivity contribution in [1.29, 1.82) is 0 Å². The third-order valence-electron chi connectivity index (χ3n) is 6.18. The molecule has 0 bridgehead atoms. The molecule has 5 nitrogen and oxygen atoms in total. The number of carbonyl (C=O) groups is 2. The zero-order chi connectivity index (χ0) is 25.3. The van der Waals surface area contributed by atoms with Gasteiger partial charge in [-0.3, -0.25) is 9.59 Å². The molecule has 1 heterocycles. The summed E-state index contributed by atoms with van der Waals surface area (Å²) in [6.45, 7) is 3.00. The summed E-state index contributed by atoms with van der Waals surface area (Å²) in [7, 11) is 0. The first-order valence-electron chi connectivity index (χ1n) is 12.4. The number of hydrogen-bond donors (Lipinski definition) is 1. The van der Waals surface area contributed by atoms with Gasteiger partial charge in [0.1, 0.15) is 5.75 Å². The molecule has 1 amide bonds. The largest absolute Gasteiger partial charge is 0.503 e. The minimum atomic E-state index is -0.732. The Morgan fingerprint density at radius 2 is 1.69 bits per heavy atom. The Bertz CT molecular complexity index is 1250. The number of ether oxygens (including phenoxy) is 1. The van der Waals surface area contributed by atoms with Crippen LogP contribution >= 0.6 is 0 Å². The molecule has 1 aliphatic rings. The highest BCUT2D eigenvalue weighted by Crippen LogP contribution is 2.40. The van der Waals surface area contributed by atoms with Gasteiger partial charge in [-0.25, -0.2) is 0 Å². The highest BCUT2D eigenvalue weighted by molar-refractivity contribution is 6.14. The summed E-state index contributed by atoms with van der Waals surface area (Å²) in [6.07, 6.45) is 6.26. The van der Waals surface area contributed by atoms with Crippen molar-refractivity contribution in [3.05, 3.63) is 119 Å². The zero-order valence-corrected chi connectivity index (χ0v) is 20.5. The average molecular weight is 482 g/mol. The van der Waals surface area contributed by atoms with Crippen LogP contribution in [0.1, 0.15) is 48.9 Å². The van der Waals surface area contributed by atoms with Gasteiger partial charge in [0.25, 0.3) is 5.91 Å². The smallest absolute Gasteiger partial charge is 0.290 e. The van der Waals surface area contributed by atoms with Crippen LogP contribution in [-0.2, 0) is 16.1 Å². The Balaban J connectivity index is 1.67. The van der Waals surface area contributed by atoms with E-state index in [4.69, 9.17) is 4.74 Å². The number of amides is 1. The van der Waals surface area contributed by atoms with Gasteiger partial charge in [-0.15, -0.1) is 0 Å². The molecular formula is C31H31NO4. The van der Waals surface area contributed by atoms with Gasteiger partial charge in [-0.1, -0.05) is 98.6 Å². The predicted octanol–water partition coefficient (Wildman–Crippen LogP) is 6.43. The van der Waals surface area contributed by atoms with Gasteiger partial charge in [-0.2, -0.15) is 0 Å². The summed E-state index contributed by atoms with van der Waals surface area (Å²) in [5.41, 5.74) is 2.55. The second-order valence-corrected chi connectivity index (χ2v) is 8.82. The SMILES string of the molecule is CCCCCOc1cccc(C2C(C(=O)/C=C/c3ccccc3)=C(O)C(=O)N2Cc2ccccc2)c1. The maximum absolute atomic E-state index is 13.4. The van der Waals surface area contributed by atoms with Crippen LogP contribution in [0.15, 0.2) is 102 Å². The Labute approximate surface area is 212 Å². The topological polar surface area (TPSA) is 66.8 Å². The van der Waals surface area contributed by atoms with Crippen LogP contribution in [-0.4, -0.2) is 28.3 Å². The quantitative estimate of drug-likeness (QED) is 0.253. The number of hydrogen-bond acceptors (Lipinski definition) is 4. The number of aliphatic hydroxyl groups excluding tert-OH is 1. The highest BCUT2D eigenvalue weighted by atomic mass is 16.5. The molecule has 0 aromatic heterocycles. The molecule has 0 saturated heterocycles. The Morgan fingerprint density at radius 1 is 0.972 bits per heavy atom.